The second kappa shape index (κ2) is 3.52. The number of thiophene rings is 1. The number of hydrogen-bond acceptors (Lipinski definition) is 2. The Balaban J connectivity index is 2.34. The first-order valence-electron chi connectivity index (χ1n) is 7.06. The van der Waals surface area contributed by atoms with Crippen molar-refractivity contribution in [2.75, 3.05) is 0 Å². The number of pyridine rings is 1. The summed E-state index contributed by atoms with van der Waals surface area (Å²) in [5.74, 6) is 1.05. The van der Waals surface area contributed by atoms with Gasteiger partial charge in [-0.1, -0.05) is 6.07 Å². The van der Waals surface area contributed by atoms with Gasteiger partial charge < -0.3 is 4.40 Å². The summed E-state index contributed by atoms with van der Waals surface area (Å²) in [5, 5.41) is 5.01. The van der Waals surface area contributed by atoms with Gasteiger partial charge in [0.15, 0.2) is 5.52 Å². The van der Waals surface area contributed by atoms with Gasteiger partial charge >= 0.3 is 0 Å². The summed E-state index contributed by atoms with van der Waals surface area (Å²) in [7, 11) is 2.12. The third kappa shape index (κ3) is 1.20. The fourth-order valence-corrected chi connectivity index (χ4v) is 4.45. The van der Waals surface area contributed by atoms with Crippen molar-refractivity contribution in [2.24, 2.45) is 7.05 Å². The lowest BCUT2D eigenvalue weighted by Gasteiger charge is -2.10. The highest BCUT2D eigenvalue weighted by molar-refractivity contribution is 7.18. The molecule has 0 aliphatic rings. The number of rotatable bonds is 0. The van der Waals surface area contributed by atoms with Crippen molar-refractivity contribution < 1.29 is 4.57 Å². The van der Waals surface area contributed by atoms with Gasteiger partial charge in [-0.05, 0) is 23.5 Å². The zero-order valence-electron chi connectivity index (χ0n) is 12.1. The van der Waals surface area contributed by atoms with Crippen LogP contribution < -0.4 is 4.57 Å². The van der Waals surface area contributed by atoms with E-state index in [4.69, 9.17) is 4.98 Å². The average molecular weight is 292 g/mol. The molecule has 0 radical (unpaired) electrons. The fourth-order valence-electron chi connectivity index (χ4n) is 3.51. The monoisotopic (exact) mass is 292 g/mol. The van der Waals surface area contributed by atoms with Crippen LogP contribution in [0.5, 0.6) is 0 Å². The zero-order valence-corrected chi connectivity index (χ0v) is 13.0. The molecule has 0 aliphatic heterocycles. The van der Waals surface area contributed by atoms with Crippen molar-refractivity contribution >= 4 is 48.9 Å². The van der Waals surface area contributed by atoms with Gasteiger partial charge in [0.2, 0.25) is 5.52 Å². The van der Waals surface area contributed by atoms with Crippen LogP contribution in [0.1, 0.15) is 11.4 Å². The average Bonchev–Trinajstić information content (AvgIpc) is 3.06. The molecule has 0 amide bonds. The van der Waals surface area contributed by atoms with Crippen LogP contribution in [-0.2, 0) is 7.05 Å². The summed E-state index contributed by atoms with van der Waals surface area (Å²) in [4.78, 5) is 4.73. The van der Waals surface area contributed by atoms with Gasteiger partial charge in [0.1, 0.15) is 5.52 Å². The normalized spacial score (nSPS) is 12.5. The molecule has 4 aromatic heterocycles. The maximum absolute atomic E-state index is 4.73. The molecule has 4 heteroatoms. The Hall–Kier alpha value is -2.20. The minimum absolute atomic E-state index is 1.05. The zero-order chi connectivity index (χ0) is 14.3. The number of nitrogens with zero attached hydrogens (tertiary/aromatic N) is 3. The third-order valence-electron chi connectivity index (χ3n) is 4.62. The Labute approximate surface area is 125 Å². The smallest absolute Gasteiger partial charge is 0.296 e. The van der Waals surface area contributed by atoms with Crippen LogP contribution in [0, 0.1) is 13.8 Å². The first kappa shape index (κ1) is 11.5. The van der Waals surface area contributed by atoms with Crippen LogP contribution in [0.2, 0.25) is 0 Å². The van der Waals surface area contributed by atoms with Gasteiger partial charge in [0.25, 0.3) is 5.82 Å². The number of aromatic nitrogens is 3. The number of aryl methyl sites for hydroxylation is 3. The first-order valence-corrected chi connectivity index (χ1v) is 7.94. The molecule has 1 aromatic carbocycles. The molecular formula is C17H14N3S+. The second-order valence-corrected chi connectivity index (χ2v) is 6.65. The van der Waals surface area contributed by atoms with Crippen molar-refractivity contribution in [3.63, 3.8) is 0 Å². The molecule has 5 rings (SSSR count). The first-order chi connectivity index (χ1) is 10.2. The molecule has 0 fully saturated rings. The summed E-state index contributed by atoms with van der Waals surface area (Å²) in [5.41, 5.74) is 6.22. The highest BCUT2D eigenvalue weighted by atomic mass is 32.1. The van der Waals surface area contributed by atoms with E-state index in [1.54, 1.807) is 0 Å². The van der Waals surface area contributed by atoms with Crippen molar-refractivity contribution in [2.45, 2.75) is 13.8 Å². The quantitative estimate of drug-likeness (QED) is 0.315. The molecular weight excluding hydrogens is 278 g/mol. The Morgan fingerprint density at radius 1 is 1.14 bits per heavy atom. The molecule has 0 N–H and O–H groups in total. The van der Waals surface area contributed by atoms with Gasteiger partial charge in [-0.3, -0.25) is 0 Å². The summed E-state index contributed by atoms with van der Waals surface area (Å²) < 4.78 is 5.87. The van der Waals surface area contributed by atoms with Crippen molar-refractivity contribution in [3.05, 3.63) is 41.2 Å². The number of fused-ring (bicyclic) bond motifs is 2. The molecule has 102 valence electrons. The maximum atomic E-state index is 4.73. The summed E-state index contributed by atoms with van der Waals surface area (Å²) in [6, 6.07) is 6.59. The second-order valence-electron chi connectivity index (χ2n) is 5.74. The van der Waals surface area contributed by atoms with Gasteiger partial charge in [0, 0.05) is 40.0 Å². The molecule has 0 saturated heterocycles. The Morgan fingerprint density at radius 3 is 2.86 bits per heavy atom. The predicted octanol–water partition coefficient (Wildman–Crippen LogP) is 3.73. The maximum Gasteiger partial charge on any atom is 0.296 e. The van der Waals surface area contributed by atoms with E-state index in [0.717, 1.165) is 11.3 Å². The van der Waals surface area contributed by atoms with Crippen LogP contribution in [0.4, 0.5) is 0 Å². The number of hydrogen-bond donors (Lipinski definition) is 0. The highest BCUT2D eigenvalue weighted by Crippen LogP contribution is 2.38. The lowest BCUT2D eigenvalue weighted by Crippen LogP contribution is -2.34. The van der Waals surface area contributed by atoms with Gasteiger partial charge in [-0.25, -0.2) is 4.57 Å². The van der Waals surface area contributed by atoms with Crippen molar-refractivity contribution in [1.82, 2.24) is 9.38 Å². The molecule has 21 heavy (non-hydrogen) atoms. The van der Waals surface area contributed by atoms with E-state index in [-0.39, 0.29) is 0 Å². The summed E-state index contributed by atoms with van der Waals surface area (Å²) in [6.45, 7) is 4.28. The lowest BCUT2D eigenvalue weighted by molar-refractivity contribution is -0.653. The standard InChI is InChI=1S/C17H14N3S/c1-9-4-5-13-15-12(8-21-13)20-7-6-11-16(20)17(14(9)15)19(3)10(2)18-11/h4-8H,1-3H3/q+1. The molecule has 0 aliphatic carbocycles. The van der Waals surface area contributed by atoms with Crippen LogP contribution >= 0.6 is 11.3 Å². The lowest BCUT2D eigenvalue weighted by atomic mass is 10.0. The molecule has 0 atom stereocenters. The van der Waals surface area contributed by atoms with E-state index in [1.807, 2.05) is 11.3 Å². The molecule has 0 spiro atoms. The van der Waals surface area contributed by atoms with Crippen LogP contribution in [-0.4, -0.2) is 9.38 Å². The van der Waals surface area contributed by atoms with Gasteiger partial charge in [-0.2, -0.15) is 0 Å². The minimum Gasteiger partial charge on any atom is -0.308 e. The molecule has 0 saturated carbocycles. The van der Waals surface area contributed by atoms with E-state index < -0.39 is 0 Å². The van der Waals surface area contributed by atoms with Crippen molar-refractivity contribution in [3.8, 4) is 0 Å². The molecule has 3 nitrogen and oxygen atoms in total. The van der Waals surface area contributed by atoms with E-state index in [9.17, 15) is 0 Å². The highest BCUT2D eigenvalue weighted by Gasteiger charge is 2.23. The molecule has 4 heterocycles. The van der Waals surface area contributed by atoms with E-state index in [0.29, 0.717) is 0 Å². The predicted molar refractivity (Wildman–Crippen MR) is 87.4 cm³/mol. The van der Waals surface area contributed by atoms with E-state index in [2.05, 4.69) is 59.6 Å². The number of benzene rings is 1. The summed E-state index contributed by atoms with van der Waals surface area (Å²) in [6.07, 6.45) is 2.15. The Bertz CT molecular complexity index is 1160. The summed E-state index contributed by atoms with van der Waals surface area (Å²) >= 11 is 1.82. The largest absolute Gasteiger partial charge is 0.308 e. The minimum atomic E-state index is 1.05. The van der Waals surface area contributed by atoms with Gasteiger partial charge in [0.05, 0.1) is 12.6 Å². The topological polar surface area (TPSA) is 21.2 Å². The van der Waals surface area contributed by atoms with Gasteiger partial charge in [-0.15, -0.1) is 11.3 Å². The van der Waals surface area contributed by atoms with E-state index in [1.165, 1.54) is 37.6 Å². The fraction of sp³-hybridized carbons (Fsp3) is 0.176. The molecule has 5 aromatic rings. The molecule has 0 unspecified atom stereocenters. The SMILES string of the molecule is Cc1ccc2scc3c2c1c1c2c(ccn32)nc(C)[n+]1C. The Kier molecular flexibility index (Phi) is 1.92. The van der Waals surface area contributed by atoms with E-state index >= 15 is 0 Å². The molecule has 0 bridgehead atoms. The third-order valence-corrected chi connectivity index (χ3v) is 5.55. The van der Waals surface area contributed by atoms with Crippen molar-refractivity contribution in [1.29, 1.82) is 0 Å². The Morgan fingerprint density at radius 2 is 2.00 bits per heavy atom. The van der Waals surface area contributed by atoms with Crippen LogP contribution in [0.25, 0.3) is 37.5 Å². The van der Waals surface area contributed by atoms with Crippen LogP contribution in [0.3, 0.4) is 0 Å². The van der Waals surface area contributed by atoms with Crippen LogP contribution in [0.15, 0.2) is 29.8 Å².